The van der Waals surface area contributed by atoms with Gasteiger partial charge in [0, 0.05) is 22.9 Å². The molecule has 130 valence electrons. The molecule has 6 nitrogen and oxygen atoms in total. The van der Waals surface area contributed by atoms with Crippen LogP contribution in [-0.4, -0.2) is 25.9 Å². The molecule has 0 spiro atoms. The Kier molecular flexibility index (Phi) is 6.17. The maximum atomic E-state index is 12.2. The molecule has 25 heavy (non-hydrogen) atoms. The highest BCUT2D eigenvalue weighted by molar-refractivity contribution is 6.04. The second-order valence-corrected chi connectivity index (χ2v) is 5.21. The minimum absolute atomic E-state index is 0.147. The highest BCUT2D eigenvalue weighted by Crippen LogP contribution is 2.27. The Morgan fingerprint density at radius 2 is 1.56 bits per heavy atom. The molecule has 2 rings (SSSR count). The molecule has 0 aliphatic heterocycles. The number of hydrogen-bond acceptors (Lipinski definition) is 5. The van der Waals surface area contributed by atoms with Crippen LogP contribution in [0.2, 0.25) is 0 Å². The number of allylic oxidation sites excluding steroid dienone is 2. The summed E-state index contributed by atoms with van der Waals surface area (Å²) in [6.07, 6.45) is 1.42. The largest absolute Gasteiger partial charge is 0.493 e. The molecule has 0 atom stereocenters. The molecule has 0 saturated heterocycles. The average Bonchev–Trinajstić information content (AvgIpc) is 2.66. The molecule has 0 fully saturated rings. The van der Waals surface area contributed by atoms with Crippen molar-refractivity contribution in [2.45, 2.75) is 6.92 Å². The molecule has 0 radical (unpaired) electrons. The highest BCUT2D eigenvalue weighted by Gasteiger charge is 2.10. The van der Waals surface area contributed by atoms with Gasteiger partial charge >= 0.3 is 0 Å². The third kappa shape index (κ3) is 4.84. The number of carbonyl (C=O) groups is 2. The van der Waals surface area contributed by atoms with Crippen LogP contribution in [0, 0.1) is 0 Å². The van der Waals surface area contributed by atoms with E-state index in [9.17, 15) is 9.59 Å². The van der Waals surface area contributed by atoms with Crippen LogP contribution >= 0.6 is 0 Å². The normalized spacial score (nSPS) is 10.8. The summed E-state index contributed by atoms with van der Waals surface area (Å²) in [5.74, 6) is 0.491. The van der Waals surface area contributed by atoms with Crippen LogP contribution in [0.25, 0.3) is 0 Å². The fourth-order valence-corrected chi connectivity index (χ4v) is 2.12. The Morgan fingerprint density at radius 1 is 0.880 bits per heavy atom. The predicted molar refractivity (Wildman–Crippen MR) is 94.7 cm³/mol. The highest BCUT2D eigenvalue weighted by atomic mass is 16.5. The third-order valence-corrected chi connectivity index (χ3v) is 3.42. The van der Waals surface area contributed by atoms with Crippen LogP contribution in [0.15, 0.2) is 60.3 Å². The number of rotatable bonds is 7. The van der Waals surface area contributed by atoms with Crippen LogP contribution in [0.5, 0.6) is 11.5 Å². The van der Waals surface area contributed by atoms with Crippen molar-refractivity contribution >= 4 is 11.7 Å². The van der Waals surface area contributed by atoms with E-state index in [0.29, 0.717) is 28.3 Å². The number of hydrogen-bond donors (Lipinski definition) is 2. The molecule has 0 aliphatic carbocycles. The molecule has 2 aromatic rings. The van der Waals surface area contributed by atoms with Crippen molar-refractivity contribution in [3.63, 3.8) is 0 Å². The third-order valence-electron chi connectivity index (χ3n) is 3.42. The molecule has 2 N–H and O–H groups in total. The molecule has 1 amide bonds. The van der Waals surface area contributed by atoms with Crippen LogP contribution in [0.4, 0.5) is 0 Å². The molecule has 0 aromatic heterocycles. The lowest BCUT2D eigenvalue weighted by atomic mass is 10.1. The zero-order valence-electron chi connectivity index (χ0n) is 14.3. The summed E-state index contributed by atoms with van der Waals surface area (Å²) in [6.45, 7) is 1.69. The molecular formula is C19H20N2O4. The van der Waals surface area contributed by atoms with E-state index < -0.39 is 0 Å². The Balaban J connectivity index is 1.99. The van der Waals surface area contributed by atoms with Crippen molar-refractivity contribution in [1.29, 1.82) is 0 Å². The number of ketones is 1. The molecule has 2 aromatic carbocycles. The first-order valence-electron chi connectivity index (χ1n) is 7.61. The van der Waals surface area contributed by atoms with E-state index >= 15 is 0 Å². The Labute approximate surface area is 146 Å². The summed E-state index contributed by atoms with van der Waals surface area (Å²) in [5, 5.41) is 0. The first-order valence-corrected chi connectivity index (χ1v) is 7.61. The number of amides is 1. The van der Waals surface area contributed by atoms with E-state index in [4.69, 9.17) is 9.47 Å². The van der Waals surface area contributed by atoms with Gasteiger partial charge in [0.2, 0.25) is 0 Å². The Hall–Kier alpha value is -3.28. The predicted octanol–water partition coefficient (Wildman–Crippen LogP) is 2.72. The van der Waals surface area contributed by atoms with Crippen LogP contribution in [0.1, 0.15) is 27.6 Å². The molecule has 6 heteroatoms. The summed E-state index contributed by atoms with van der Waals surface area (Å²) in [6, 6.07) is 13.7. The van der Waals surface area contributed by atoms with Crippen molar-refractivity contribution in [3.8, 4) is 11.5 Å². The number of methoxy groups -OCH3 is 2. The fourth-order valence-electron chi connectivity index (χ4n) is 2.12. The van der Waals surface area contributed by atoms with Gasteiger partial charge in [-0.15, -0.1) is 0 Å². The molecular weight excluding hydrogens is 320 g/mol. The number of benzene rings is 2. The van der Waals surface area contributed by atoms with E-state index in [1.165, 1.54) is 20.3 Å². The topological polar surface area (TPSA) is 76.7 Å². The lowest BCUT2D eigenvalue weighted by molar-refractivity contribution is 0.0936. The lowest BCUT2D eigenvalue weighted by Gasteiger charge is -2.11. The van der Waals surface area contributed by atoms with E-state index in [-0.39, 0.29) is 11.7 Å². The second kappa shape index (κ2) is 8.54. The van der Waals surface area contributed by atoms with Crippen molar-refractivity contribution in [2.24, 2.45) is 0 Å². The van der Waals surface area contributed by atoms with E-state index in [0.717, 1.165) is 0 Å². The standard InChI is InChI=1S/C19H20N2O4/c1-13(11-16(22)14-7-5-4-6-8-14)20-21-19(23)15-9-10-17(24-2)18(12-15)25-3/h4-12,20H,1-3H3,(H,21,23)/b13-11+. The van der Waals surface area contributed by atoms with Crippen LogP contribution in [0.3, 0.4) is 0 Å². The first kappa shape index (κ1) is 18.1. The summed E-state index contributed by atoms with van der Waals surface area (Å²) in [5.41, 5.74) is 6.75. The molecule has 0 saturated carbocycles. The summed E-state index contributed by atoms with van der Waals surface area (Å²) >= 11 is 0. The summed E-state index contributed by atoms with van der Waals surface area (Å²) in [7, 11) is 3.02. The van der Waals surface area contributed by atoms with Crippen molar-refractivity contribution < 1.29 is 19.1 Å². The Bertz CT molecular complexity index is 785. The van der Waals surface area contributed by atoms with Gasteiger partial charge in [-0.05, 0) is 25.1 Å². The van der Waals surface area contributed by atoms with E-state index in [1.807, 2.05) is 6.07 Å². The molecule has 0 unspecified atom stereocenters. The minimum Gasteiger partial charge on any atom is -0.493 e. The number of hydrazine groups is 1. The van der Waals surface area contributed by atoms with Crippen molar-refractivity contribution in [3.05, 3.63) is 71.4 Å². The van der Waals surface area contributed by atoms with Gasteiger partial charge in [0.1, 0.15) is 0 Å². The number of carbonyl (C=O) groups excluding carboxylic acids is 2. The quantitative estimate of drug-likeness (QED) is 0.460. The van der Waals surface area contributed by atoms with Crippen LogP contribution < -0.4 is 20.3 Å². The van der Waals surface area contributed by atoms with Gasteiger partial charge in [-0.3, -0.25) is 15.0 Å². The van der Waals surface area contributed by atoms with Gasteiger partial charge in [0.15, 0.2) is 17.3 Å². The maximum Gasteiger partial charge on any atom is 0.269 e. The van der Waals surface area contributed by atoms with Gasteiger partial charge < -0.3 is 14.9 Å². The average molecular weight is 340 g/mol. The van der Waals surface area contributed by atoms with Crippen molar-refractivity contribution in [1.82, 2.24) is 10.9 Å². The van der Waals surface area contributed by atoms with Gasteiger partial charge in [-0.2, -0.15) is 0 Å². The Morgan fingerprint density at radius 3 is 2.20 bits per heavy atom. The maximum absolute atomic E-state index is 12.2. The number of ether oxygens (including phenoxy) is 2. The lowest BCUT2D eigenvalue weighted by Crippen LogP contribution is -2.36. The SMILES string of the molecule is COc1ccc(C(=O)NN/C(C)=C/C(=O)c2ccccc2)cc1OC. The molecule has 0 heterocycles. The summed E-state index contributed by atoms with van der Waals surface area (Å²) < 4.78 is 10.3. The second-order valence-electron chi connectivity index (χ2n) is 5.21. The fraction of sp³-hybridized carbons (Fsp3) is 0.158. The molecule has 0 aliphatic rings. The van der Waals surface area contributed by atoms with E-state index in [2.05, 4.69) is 10.9 Å². The summed E-state index contributed by atoms with van der Waals surface area (Å²) in [4.78, 5) is 24.3. The van der Waals surface area contributed by atoms with Crippen LogP contribution in [-0.2, 0) is 0 Å². The van der Waals surface area contributed by atoms with Crippen molar-refractivity contribution in [2.75, 3.05) is 14.2 Å². The van der Waals surface area contributed by atoms with Gasteiger partial charge in [-0.1, -0.05) is 30.3 Å². The monoisotopic (exact) mass is 340 g/mol. The zero-order valence-corrected chi connectivity index (χ0v) is 14.3. The zero-order chi connectivity index (χ0) is 18.2. The number of nitrogens with one attached hydrogen (secondary N) is 2. The first-order chi connectivity index (χ1) is 12.0. The van der Waals surface area contributed by atoms with Gasteiger partial charge in [0.25, 0.3) is 5.91 Å². The smallest absolute Gasteiger partial charge is 0.269 e. The van der Waals surface area contributed by atoms with Gasteiger partial charge in [0.05, 0.1) is 14.2 Å². The van der Waals surface area contributed by atoms with Gasteiger partial charge in [-0.25, -0.2) is 0 Å². The van der Waals surface area contributed by atoms with E-state index in [1.54, 1.807) is 49.4 Å². The minimum atomic E-state index is -0.360. The molecule has 0 bridgehead atoms.